The Morgan fingerprint density at radius 3 is 2.30 bits per heavy atom. The molecule has 1 N–H and O–H groups in total. The van der Waals surface area contributed by atoms with Crippen LogP contribution in [-0.2, 0) is 26.2 Å². The van der Waals surface area contributed by atoms with E-state index in [4.69, 9.17) is 21.1 Å². The second kappa shape index (κ2) is 12.5. The molecule has 0 aliphatic rings. The van der Waals surface area contributed by atoms with Gasteiger partial charge >= 0.3 is 0 Å². The molecule has 1 unspecified atom stereocenters. The van der Waals surface area contributed by atoms with Crippen molar-refractivity contribution in [3.63, 3.8) is 0 Å². The summed E-state index contributed by atoms with van der Waals surface area (Å²) in [5.41, 5.74) is 0.322. The van der Waals surface area contributed by atoms with Gasteiger partial charge in [-0.05, 0) is 63.1 Å². The van der Waals surface area contributed by atoms with E-state index in [0.717, 1.165) is 16.1 Å². The lowest BCUT2D eigenvalue weighted by Gasteiger charge is -2.34. The van der Waals surface area contributed by atoms with Gasteiger partial charge in [-0.1, -0.05) is 30.7 Å². The van der Waals surface area contributed by atoms with E-state index in [1.54, 1.807) is 31.2 Å². The highest BCUT2D eigenvalue weighted by molar-refractivity contribution is 7.92. The lowest BCUT2D eigenvalue weighted by atomic mass is 10.1. The van der Waals surface area contributed by atoms with Crippen LogP contribution in [0.3, 0.4) is 0 Å². The van der Waals surface area contributed by atoms with E-state index in [2.05, 4.69) is 5.32 Å². The molecule has 37 heavy (non-hydrogen) atoms. The van der Waals surface area contributed by atoms with Crippen molar-refractivity contribution in [1.82, 2.24) is 10.2 Å². The first kappa shape index (κ1) is 30.2. The molecule has 204 valence electrons. The van der Waals surface area contributed by atoms with Gasteiger partial charge in [0.15, 0.2) is 0 Å². The van der Waals surface area contributed by atoms with Crippen molar-refractivity contribution in [3.05, 3.63) is 53.1 Å². The van der Waals surface area contributed by atoms with E-state index in [1.165, 1.54) is 31.3 Å². The maximum absolute atomic E-state index is 13.8. The number of rotatable bonds is 11. The van der Waals surface area contributed by atoms with Crippen LogP contribution in [0.5, 0.6) is 11.5 Å². The summed E-state index contributed by atoms with van der Waals surface area (Å²) in [7, 11) is -1.000. The number of halogens is 1. The Balaban J connectivity index is 2.55. The lowest BCUT2D eigenvalue weighted by Crippen LogP contribution is -2.55. The normalized spacial score (nSPS) is 12.4. The van der Waals surface area contributed by atoms with Crippen LogP contribution >= 0.6 is 11.6 Å². The van der Waals surface area contributed by atoms with Gasteiger partial charge in [-0.15, -0.1) is 0 Å². The Hall–Kier alpha value is -2.98. The topological polar surface area (TPSA) is 105 Å². The van der Waals surface area contributed by atoms with E-state index in [-0.39, 0.29) is 28.9 Å². The van der Waals surface area contributed by atoms with Crippen molar-refractivity contribution >= 4 is 39.1 Å². The molecule has 0 fully saturated rings. The molecule has 1 atom stereocenters. The van der Waals surface area contributed by atoms with Crippen LogP contribution in [0.2, 0.25) is 5.02 Å². The van der Waals surface area contributed by atoms with Crippen LogP contribution in [0.25, 0.3) is 0 Å². The van der Waals surface area contributed by atoms with E-state index >= 15 is 0 Å². The van der Waals surface area contributed by atoms with E-state index < -0.39 is 34.1 Å². The summed E-state index contributed by atoms with van der Waals surface area (Å²) in [5.74, 6) is -0.0679. The van der Waals surface area contributed by atoms with Crippen LogP contribution in [-0.4, -0.2) is 63.7 Å². The number of hydrogen-bond acceptors (Lipinski definition) is 6. The second-order valence-electron chi connectivity index (χ2n) is 9.62. The number of hydrogen-bond donors (Lipinski definition) is 1. The van der Waals surface area contributed by atoms with Gasteiger partial charge in [0.2, 0.25) is 21.8 Å². The summed E-state index contributed by atoms with van der Waals surface area (Å²) in [6, 6.07) is 10.8. The zero-order valence-corrected chi connectivity index (χ0v) is 23.9. The van der Waals surface area contributed by atoms with Crippen molar-refractivity contribution in [2.75, 3.05) is 31.3 Å². The van der Waals surface area contributed by atoms with Crippen molar-refractivity contribution in [2.45, 2.75) is 52.2 Å². The number of carbonyl (C=O) groups excluding carboxylic acids is 2. The molecule has 0 saturated heterocycles. The van der Waals surface area contributed by atoms with E-state index in [1.807, 2.05) is 26.8 Å². The molecular formula is C26H36ClN3O6S. The fourth-order valence-electron chi connectivity index (χ4n) is 3.79. The third-order valence-electron chi connectivity index (χ3n) is 5.46. The van der Waals surface area contributed by atoms with E-state index in [9.17, 15) is 18.0 Å². The van der Waals surface area contributed by atoms with Gasteiger partial charge in [0.25, 0.3) is 0 Å². The van der Waals surface area contributed by atoms with Gasteiger partial charge in [-0.25, -0.2) is 8.42 Å². The molecule has 2 amide bonds. The quantitative estimate of drug-likeness (QED) is 0.453. The smallest absolute Gasteiger partial charge is 0.244 e. The first-order valence-electron chi connectivity index (χ1n) is 11.8. The number of nitrogens with one attached hydrogen (secondary N) is 1. The van der Waals surface area contributed by atoms with Crippen LogP contribution < -0.4 is 19.1 Å². The molecule has 0 bridgehead atoms. The second-order valence-corrected chi connectivity index (χ2v) is 12.0. The van der Waals surface area contributed by atoms with Crippen LogP contribution in [0, 0.1) is 0 Å². The number of sulfonamides is 1. The summed E-state index contributed by atoms with van der Waals surface area (Å²) in [5, 5.41) is 3.21. The number of carbonyl (C=O) groups is 2. The number of nitrogens with zero attached hydrogens (tertiary/aromatic N) is 2. The van der Waals surface area contributed by atoms with Crippen LogP contribution in [0.1, 0.15) is 39.7 Å². The summed E-state index contributed by atoms with van der Waals surface area (Å²) >= 11 is 6.14. The molecule has 2 aromatic carbocycles. The molecule has 11 heteroatoms. The highest BCUT2D eigenvalue weighted by atomic mass is 35.5. The van der Waals surface area contributed by atoms with Gasteiger partial charge in [0, 0.05) is 17.1 Å². The Morgan fingerprint density at radius 2 is 1.76 bits per heavy atom. The highest BCUT2D eigenvalue weighted by Crippen LogP contribution is 2.33. The minimum absolute atomic E-state index is 0.0659. The first-order chi connectivity index (χ1) is 17.2. The Kier molecular flexibility index (Phi) is 10.2. The summed E-state index contributed by atoms with van der Waals surface area (Å²) < 4.78 is 37.2. The predicted octanol–water partition coefficient (Wildman–Crippen LogP) is 3.85. The molecule has 0 aliphatic carbocycles. The minimum Gasteiger partial charge on any atom is -0.497 e. The molecule has 0 radical (unpaired) electrons. The Labute approximate surface area is 224 Å². The zero-order chi connectivity index (χ0) is 28.0. The predicted molar refractivity (Wildman–Crippen MR) is 146 cm³/mol. The van der Waals surface area contributed by atoms with Crippen molar-refractivity contribution in [1.29, 1.82) is 0 Å². The summed E-state index contributed by atoms with van der Waals surface area (Å²) in [6.07, 6.45) is 1.31. The molecule has 2 rings (SSSR count). The van der Waals surface area contributed by atoms with Crippen molar-refractivity contribution in [3.8, 4) is 11.5 Å². The summed E-state index contributed by atoms with van der Waals surface area (Å²) in [6.45, 7) is 6.86. The fraction of sp³-hybridized carbons (Fsp3) is 0.462. The van der Waals surface area contributed by atoms with Gasteiger partial charge in [-0.3, -0.25) is 13.9 Å². The SMILES string of the molecule is CCC(C(=O)NC(C)(C)C)N(Cc1cccc(OC)c1)C(=O)CN(c1cc(Cl)ccc1OC)S(C)(=O)=O. The van der Waals surface area contributed by atoms with Crippen molar-refractivity contribution in [2.24, 2.45) is 0 Å². The van der Waals surface area contributed by atoms with Gasteiger partial charge in [0.1, 0.15) is 24.1 Å². The third-order valence-corrected chi connectivity index (χ3v) is 6.82. The average molecular weight is 554 g/mol. The monoisotopic (exact) mass is 553 g/mol. The van der Waals surface area contributed by atoms with Crippen LogP contribution in [0.4, 0.5) is 5.69 Å². The molecule has 0 aliphatic heterocycles. The molecule has 9 nitrogen and oxygen atoms in total. The molecular weight excluding hydrogens is 518 g/mol. The standard InChI is InChI=1S/C26H36ClN3O6S/c1-8-21(25(32)28-26(2,3)4)29(16-18-10-9-11-20(14-18)35-5)24(31)17-30(37(7,33)34)22-15-19(27)12-13-23(22)36-6/h9-15,21H,8,16-17H2,1-7H3,(H,28,32). The number of ether oxygens (including phenoxy) is 2. The van der Waals surface area contributed by atoms with Gasteiger partial charge in [0.05, 0.1) is 26.2 Å². The zero-order valence-electron chi connectivity index (χ0n) is 22.4. The molecule has 0 saturated carbocycles. The fourth-order valence-corrected chi connectivity index (χ4v) is 4.80. The van der Waals surface area contributed by atoms with Gasteiger partial charge < -0.3 is 19.7 Å². The maximum Gasteiger partial charge on any atom is 0.244 e. The minimum atomic E-state index is -3.93. The van der Waals surface area contributed by atoms with Gasteiger partial charge in [-0.2, -0.15) is 0 Å². The molecule has 0 aromatic heterocycles. The first-order valence-corrected chi connectivity index (χ1v) is 14.0. The number of anilines is 1. The Bertz CT molecular complexity index is 1210. The maximum atomic E-state index is 13.8. The number of methoxy groups -OCH3 is 2. The third kappa shape index (κ3) is 8.53. The average Bonchev–Trinajstić information content (AvgIpc) is 2.80. The van der Waals surface area contributed by atoms with Crippen molar-refractivity contribution < 1.29 is 27.5 Å². The Morgan fingerprint density at radius 1 is 1.08 bits per heavy atom. The largest absolute Gasteiger partial charge is 0.497 e. The lowest BCUT2D eigenvalue weighted by molar-refractivity contribution is -0.141. The highest BCUT2D eigenvalue weighted by Gasteiger charge is 2.33. The van der Waals surface area contributed by atoms with Crippen LogP contribution in [0.15, 0.2) is 42.5 Å². The summed E-state index contributed by atoms with van der Waals surface area (Å²) in [4.78, 5) is 28.5. The number of benzene rings is 2. The molecule has 0 heterocycles. The van der Waals surface area contributed by atoms with E-state index in [0.29, 0.717) is 12.2 Å². The number of amides is 2. The molecule has 2 aromatic rings. The molecule has 0 spiro atoms.